The van der Waals surface area contributed by atoms with E-state index in [9.17, 15) is 0 Å². The molecule has 1 aromatic heterocycles. The van der Waals surface area contributed by atoms with Crippen molar-refractivity contribution in [2.75, 3.05) is 25.6 Å². The first-order valence-electron chi connectivity index (χ1n) is 11.7. The van der Waals surface area contributed by atoms with Gasteiger partial charge in [-0.2, -0.15) is 0 Å². The van der Waals surface area contributed by atoms with Crippen LogP contribution in [0.25, 0.3) is 28.2 Å². The Bertz CT molecular complexity index is 1080. The Morgan fingerprint density at radius 3 is 2.72 bits per heavy atom. The summed E-state index contributed by atoms with van der Waals surface area (Å²) in [7, 11) is 1.65. The van der Waals surface area contributed by atoms with Gasteiger partial charge < -0.3 is 19.8 Å². The summed E-state index contributed by atoms with van der Waals surface area (Å²) in [6, 6.07) is 15.6. The second-order valence-corrected chi connectivity index (χ2v) is 8.48. The normalized spacial score (nSPS) is 14.8. The summed E-state index contributed by atoms with van der Waals surface area (Å²) in [5.41, 5.74) is 7.15. The van der Waals surface area contributed by atoms with Crippen LogP contribution < -0.4 is 5.32 Å². The quantitative estimate of drug-likeness (QED) is 0.285. The van der Waals surface area contributed by atoms with Crippen molar-refractivity contribution in [3.8, 4) is 11.3 Å². The van der Waals surface area contributed by atoms with Gasteiger partial charge in [-0.25, -0.2) is 0 Å². The van der Waals surface area contributed by atoms with Crippen molar-refractivity contribution in [1.82, 2.24) is 4.98 Å². The maximum atomic E-state index is 5.57. The summed E-state index contributed by atoms with van der Waals surface area (Å²) in [5, 5.41) is 5.06. The number of hydrogen-bond donors (Lipinski definition) is 2. The van der Waals surface area contributed by atoms with E-state index in [4.69, 9.17) is 9.47 Å². The summed E-state index contributed by atoms with van der Waals surface area (Å²) in [6.45, 7) is 7.85. The highest BCUT2D eigenvalue weighted by molar-refractivity contribution is 6.03. The lowest BCUT2D eigenvalue weighted by Gasteiger charge is -2.25. The van der Waals surface area contributed by atoms with Crippen molar-refractivity contribution in [1.29, 1.82) is 0 Å². The third kappa shape index (κ3) is 5.08. The molecule has 0 aliphatic carbocycles. The number of aromatic nitrogens is 1. The van der Waals surface area contributed by atoms with Gasteiger partial charge in [0.1, 0.15) is 5.76 Å². The number of H-pyrrole nitrogens is 1. The Balaban J connectivity index is 1.86. The standard InChI is InChI=1S/C28H34N2O2/c1-4-5-9-21-18-25-24(13-12-20(2)31-3)27(22-10-7-6-8-11-22)30-28(25)26(19-21)29-23-14-16-32-17-15-23/h6-8,10-13,18-19,23,29-30H,2,4-5,9,14-17H2,1,3H3/b13-12+. The molecule has 2 aromatic carbocycles. The molecule has 0 saturated carbocycles. The highest BCUT2D eigenvalue weighted by atomic mass is 16.5. The van der Waals surface area contributed by atoms with Crippen LogP contribution in [0.1, 0.15) is 43.7 Å². The molecule has 0 bridgehead atoms. The second kappa shape index (κ2) is 10.6. The van der Waals surface area contributed by atoms with Crippen LogP contribution in [0.2, 0.25) is 0 Å². The van der Waals surface area contributed by atoms with E-state index in [0.717, 1.165) is 49.3 Å². The smallest absolute Gasteiger partial charge is 0.111 e. The molecule has 2 heterocycles. The number of hydrogen-bond acceptors (Lipinski definition) is 3. The topological polar surface area (TPSA) is 46.3 Å². The van der Waals surface area contributed by atoms with Crippen LogP contribution in [0.15, 0.2) is 60.9 Å². The van der Waals surface area contributed by atoms with Gasteiger partial charge in [-0.1, -0.05) is 50.3 Å². The Morgan fingerprint density at radius 1 is 1.22 bits per heavy atom. The van der Waals surface area contributed by atoms with E-state index >= 15 is 0 Å². The van der Waals surface area contributed by atoms with E-state index in [-0.39, 0.29) is 0 Å². The first-order valence-corrected chi connectivity index (χ1v) is 11.7. The number of unbranched alkanes of at least 4 members (excludes halogenated alkanes) is 1. The molecule has 168 valence electrons. The predicted molar refractivity (Wildman–Crippen MR) is 135 cm³/mol. The highest BCUT2D eigenvalue weighted by Crippen LogP contribution is 2.37. The van der Waals surface area contributed by atoms with Crippen molar-refractivity contribution >= 4 is 22.7 Å². The number of aromatic amines is 1. The van der Waals surface area contributed by atoms with Gasteiger partial charge in [0, 0.05) is 30.2 Å². The molecule has 0 unspecified atom stereocenters. The van der Waals surface area contributed by atoms with E-state index in [1.165, 1.54) is 35.0 Å². The fourth-order valence-corrected chi connectivity index (χ4v) is 4.33. The van der Waals surface area contributed by atoms with Gasteiger partial charge in [0.25, 0.3) is 0 Å². The van der Waals surface area contributed by atoms with Crippen molar-refractivity contribution in [2.45, 2.75) is 45.1 Å². The fraction of sp³-hybridized carbons (Fsp3) is 0.357. The van der Waals surface area contributed by atoms with Crippen LogP contribution in [0.5, 0.6) is 0 Å². The predicted octanol–water partition coefficient (Wildman–Crippen LogP) is 6.94. The maximum absolute atomic E-state index is 5.57. The van der Waals surface area contributed by atoms with Crippen LogP contribution in [0.4, 0.5) is 5.69 Å². The summed E-state index contributed by atoms with van der Waals surface area (Å²) in [5.74, 6) is 0.640. The van der Waals surface area contributed by atoms with Crippen LogP contribution >= 0.6 is 0 Å². The molecule has 0 amide bonds. The van der Waals surface area contributed by atoms with Crippen LogP contribution in [0, 0.1) is 0 Å². The summed E-state index contributed by atoms with van der Waals surface area (Å²) < 4.78 is 10.9. The Morgan fingerprint density at radius 2 is 2.00 bits per heavy atom. The molecular formula is C28H34N2O2. The molecular weight excluding hydrogens is 396 g/mol. The molecule has 0 radical (unpaired) electrons. The number of fused-ring (bicyclic) bond motifs is 1. The van der Waals surface area contributed by atoms with Gasteiger partial charge >= 0.3 is 0 Å². The van der Waals surface area contributed by atoms with Crippen molar-refractivity contribution in [3.63, 3.8) is 0 Å². The van der Waals surface area contributed by atoms with Crippen molar-refractivity contribution in [3.05, 3.63) is 72.0 Å². The molecule has 1 aliphatic rings. The monoisotopic (exact) mass is 430 g/mol. The number of ether oxygens (including phenoxy) is 2. The fourth-order valence-electron chi connectivity index (χ4n) is 4.33. The molecule has 1 aliphatic heterocycles. The largest absolute Gasteiger partial charge is 0.497 e. The lowest BCUT2D eigenvalue weighted by Crippen LogP contribution is -2.28. The lowest BCUT2D eigenvalue weighted by molar-refractivity contribution is 0.0905. The minimum atomic E-state index is 0.434. The van der Waals surface area contributed by atoms with Gasteiger partial charge in [-0.15, -0.1) is 0 Å². The van der Waals surface area contributed by atoms with Crippen LogP contribution in [-0.2, 0) is 15.9 Å². The summed E-state index contributed by atoms with van der Waals surface area (Å²) in [4.78, 5) is 3.75. The van der Waals surface area contributed by atoms with E-state index in [0.29, 0.717) is 11.8 Å². The minimum absolute atomic E-state index is 0.434. The minimum Gasteiger partial charge on any atom is -0.497 e. The third-order valence-electron chi connectivity index (χ3n) is 6.17. The average molecular weight is 431 g/mol. The van der Waals surface area contributed by atoms with Gasteiger partial charge in [0.15, 0.2) is 0 Å². The molecule has 0 atom stereocenters. The molecule has 3 aromatic rings. The Kier molecular flexibility index (Phi) is 7.33. The SMILES string of the molecule is C=C(/C=C/c1c(-c2ccccc2)[nH]c2c(NC3CCOCC3)cc(CCCC)cc12)OC. The number of rotatable bonds is 9. The number of anilines is 1. The second-order valence-electron chi connectivity index (χ2n) is 8.48. The number of benzene rings is 2. The number of nitrogens with one attached hydrogen (secondary N) is 2. The summed E-state index contributed by atoms with van der Waals surface area (Å²) in [6.07, 6.45) is 9.58. The molecule has 4 nitrogen and oxygen atoms in total. The van der Waals surface area contributed by atoms with E-state index in [1.807, 2.05) is 6.08 Å². The zero-order valence-corrected chi connectivity index (χ0v) is 19.2. The highest BCUT2D eigenvalue weighted by Gasteiger charge is 2.19. The zero-order valence-electron chi connectivity index (χ0n) is 19.2. The number of methoxy groups -OCH3 is 1. The van der Waals surface area contributed by atoms with Gasteiger partial charge in [0.05, 0.1) is 24.0 Å². The molecule has 4 heteroatoms. The molecule has 0 spiro atoms. The molecule has 4 rings (SSSR count). The van der Waals surface area contributed by atoms with Gasteiger partial charge in [-0.3, -0.25) is 0 Å². The van der Waals surface area contributed by atoms with E-state index in [1.54, 1.807) is 7.11 Å². The Labute approximate surface area is 191 Å². The van der Waals surface area contributed by atoms with Gasteiger partial charge in [-0.05, 0) is 61.1 Å². The molecule has 32 heavy (non-hydrogen) atoms. The lowest BCUT2D eigenvalue weighted by atomic mass is 10.00. The zero-order chi connectivity index (χ0) is 22.3. The van der Waals surface area contributed by atoms with Crippen LogP contribution in [0.3, 0.4) is 0 Å². The number of aryl methyl sites for hydroxylation is 1. The van der Waals surface area contributed by atoms with Crippen LogP contribution in [-0.4, -0.2) is 31.3 Å². The van der Waals surface area contributed by atoms with Crippen molar-refractivity contribution < 1.29 is 9.47 Å². The molecule has 1 saturated heterocycles. The first kappa shape index (κ1) is 22.2. The first-order chi connectivity index (χ1) is 15.7. The maximum Gasteiger partial charge on any atom is 0.111 e. The Hall–Kier alpha value is -2.98. The van der Waals surface area contributed by atoms with Gasteiger partial charge in [0.2, 0.25) is 0 Å². The molecule has 2 N–H and O–H groups in total. The third-order valence-corrected chi connectivity index (χ3v) is 6.17. The van der Waals surface area contributed by atoms with E-state index in [2.05, 4.69) is 72.3 Å². The molecule has 1 fully saturated rings. The number of allylic oxidation sites excluding steroid dienone is 1. The average Bonchev–Trinajstić information content (AvgIpc) is 3.21. The van der Waals surface area contributed by atoms with Crippen molar-refractivity contribution in [2.24, 2.45) is 0 Å². The summed E-state index contributed by atoms with van der Waals surface area (Å²) >= 11 is 0. The van der Waals surface area contributed by atoms with E-state index < -0.39 is 0 Å².